The van der Waals surface area contributed by atoms with E-state index in [4.69, 9.17) is 11.6 Å². The zero-order chi connectivity index (χ0) is 10.8. The van der Waals surface area contributed by atoms with Gasteiger partial charge in [0, 0.05) is 6.07 Å². The van der Waals surface area contributed by atoms with E-state index < -0.39 is 0 Å². The van der Waals surface area contributed by atoms with Crippen molar-refractivity contribution < 1.29 is 0 Å². The fourth-order valence-corrected chi connectivity index (χ4v) is 2.54. The molecule has 1 aromatic carbocycles. The first kappa shape index (κ1) is 10.5. The molecule has 0 N–H and O–H groups in total. The molecule has 0 bridgehead atoms. The Balaban J connectivity index is 2.41. The van der Waals surface area contributed by atoms with Gasteiger partial charge in [-0.15, -0.1) is 0 Å². The van der Waals surface area contributed by atoms with E-state index in [0.717, 1.165) is 5.56 Å². The number of hydrogen-bond acceptors (Lipinski definition) is 2. The minimum absolute atomic E-state index is 0.0381. The molecule has 0 aliphatic heterocycles. The first-order valence-corrected chi connectivity index (χ1v) is 5.77. The molecule has 1 atom stereocenters. The van der Waals surface area contributed by atoms with Crippen molar-refractivity contribution in [1.82, 2.24) is 3.96 Å². The van der Waals surface area contributed by atoms with Crippen LogP contribution < -0.4 is 5.56 Å². The lowest BCUT2D eigenvalue weighted by Crippen LogP contribution is -2.16. The third-order valence-corrected chi connectivity index (χ3v) is 3.57. The van der Waals surface area contributed by atoms with E-state index in [1.54, 1.807) is 3.96 Å². The van der Waals surface area contributed by atoms with Crippen LogP contribution in [-0.4, -0.2) is 3.96 Å². The number of benzene rings is 1. The van der Waals surface area contributed by atoms with Gasteiger partial charge in [-0.25, -0.2) is 0 Å². The Morgan fingerprint density at radius 3 is 2.53 bits per heavy atom. The van der Waals surface area contributed by atoms with E-state index in [-0.39, 0.29) is 11.6 Å². The van der Waals surface area contributed by atoms with Crippen molar-refractivity contribution in [3.05, 3.63) is 56.7 Å². The largest absolute Gasteiger partial charge is 0.268 e. The van der Waals surface area contributed by atoms with Crippen molar-refractivity contribution in [2.75, 3.05) is 0 Å². The molecule has 0 spiro atoms. The third-order valence-electron chi connectivity index (χ3n) is 2.27. The summed E-state index contributed by atoms with van der Waals surface area (Å²) in [5.41, 5.74) is 1.07. The molecule has 15 heavy (non-hydrogen) atoms. The molecule has 2 aromatic rings. The Bertz CT molecular complexity index is 503. The number of nitrogens with zero attached hydrogens (tertiary/aromatic N) is 1. The Kier molecular flexibility index (Phi) is 2.93. The van der Waals surface area contributed by atoms with Gasteiger partial charge in [0.25, 0.3) is 5.56 Å². The van der Waals surface area contributed by atoms with E-state index in [1.165, 1.54) is 17.6 Å². The molecule has 0 unspecified atom stereocenters. The van der Waals surface area contributed by atoms with Crippen LogP contribution in [0.4, 0.5) is 0 Å². The van der Waals surface area contributed by atoms with Gasteiger partial charge in [0.1, 0.15) is 4.34 Å². The van der Waals surface area contributed by atoms with Crippen molar-refractivity contribution in [3.63, 3.8) is 0 Å². The molecule has 0 saturated heterocycles. The zero-order valence-corrected chi connectivity index (χ0v) is 9.76. The van der Waals surface area contributed by atoms with E-state index in [1.807, 2.05) is 37.3 Å². The van der Waals surface area contributed by atoms with Gasteiger partial charge >= 0.3 is 0 Å². The van der Waals surface area contributed by atoms with Crippen molar-refractivity contribution in [1.29, 1.82) is 0 Å². The molecule has 0 aliphatic carbocycles. The molecule has 0 fully saturated rings. The Morgan fingerprint density at radius 2 is 2.00 bits per heavy atom. The third kappa shape index (κ3) is 2.13. The summed E-state index contributed by atoms with van der Waals surface area (Å²) in [7, 11) is 0. The van der Waals surface area contributed by atoms with E-state index in [0.29, 0.717) is 4.34 Å². The van der Waals surface area contributed by atoms with E-state index >= 15 is 0 Å². The highest BCUT2D eigenvalue weighted by molar-refractivity contribution is 7.11. The van der Waals surface area contributed by atoms with E-state index in [2.05, 4.69) is 0 Å². The van der Waals surface area contributed by atoms with Gasteiger partial charge in [0.15, 0.2) is 0 Å². The molecule has 4 heteroatoms. The van der Waals surface area contributed by atoms with Gasteiger partial charge in [0.05, 0.1) is 6.04 Å². The Hall–Kier alpha value is -1.06. The summed E-state index contributed by atoms with van der Waals surface area (Å²) < 4.78 is 2.21. The number of rotatable bonds is 2. The first-order chi connectivity index (χ1) is 7.18. The highest BCUT2D eigenvalue weighted by Crippen LogP contribution is 2.21. The summed E-state index contributed by atoms with van der Waals surface area (Å²) in [6, 6.07) is 11.4. The van der Waals surface area contributed by atoms with Crippen molar-refractivity contribution >= 4 is 23.1 Å². The second-order valence-corrected chi connectivity index (χ2v) is 4.94. The second kappa shape index (κ2) is 4.21. The first-order valence-electron chi connectivity index (χ1n) is 4.62. The summed E-state index contributed by atoms with van der Waals surface area (Å²) in [4.78, 5) is 11.5. The van der Waals surface area contributed by atoms with Gasteiger partial charge in [-0.1, -0.05) is 41.9 Å². The lowest BCUT2D eigenvalue weighted by Gasteiger charge is -2.11. The maximum absolute atomic E-state index is 11.5. The number of aromatic nitrogens is 1. The maximum atomic E-state index is 11.5. The SMILES string of the molecule is C[C@@H](c1ccccc1)n1sc(Cl)cc1=O. The lowest BCUT2D eigenvalue weighted by molar-refractivity contribution is 0.675. The number of halogens is 1. The van der Waals surface area contributed by atoms with Gasteiger partial charge in [0.2, 0.25) is 0 Å². The minimum Gasteiger partial charge on any atom is -0.268 e. The van der Waals surface area contributed by atoms with Crippen LogP contribution in [0, 0.1) is 0 Å². The fourth-order valence-electron chi connectivity index (χ4n) is 1.46. The molecular formula is C11H10ClNOS. The second-order valence-electron chi connectivity index (χ2n) is 3.29. The smallest absolute Gasteiger partial charge is 0.262 e. The molecule has 0 radical (unpaired) electrons. The average molecular weight is 240 g/mol. The van der Waals surface area contributed by atoms with Crippen LogP contribution in [0.25, 0.3) is 0 Å². The Morgan fingerprint density at radius 1 is 1.33 bits per heavy atom. The van der Waals surface area contributed by atoms with Gasteiger partial charge < -0.3 is 0 Å². The van der Waals surface area contributed by atoms with Gasteiger partial charge in [-0.2, -0.15) is 0 Å². The maximum Gasteiger partial charge on any atom is 0.262 e. The summed E-state index contributed by atoms with van der Waals surface area (Å²) in [5.74, 6) is 0. The molecule has 2 rings (SSSR count). The van der Waals surface area contributed by atoms with Gasteiger partial charge in [-0.05, 0) is 24.0 Å². The van der Waals surface area contributed by atoms with Crippen LogP contribution in [0.15, 0.2) is 41.2 Å². The fraction of sp³-hybridized carbons (Fsp3) is 0.182. The van der Waals surface area contributed by atoms with Crippen molar-refractivity contribution in [2.24, 2.45) is 0 Å². The quantitative estimate of drug-likeness (QED) is 0.789. The summed E-state index contributed by atoms with van der Waals surface area (Å²) in [6.07, 6.45) is 0. The minimum atomic E-state index is -0.0404. The topological polar surface area (TPSA) is 22.0 Å². The van der Waals surface area contributed by atoms with Crippen LogP contribution >= 0.6 is 23.1 Å². The van der Waals surface area contributed by atoms with E-state index in [9.17, 15) is 4.79 Å². The van der Waals surface area contributed by atoms with Crippen molar-refractivity contribution in [3.8, 4) is 0 Å². The number of hydrogen-bond donors (Lipinski definition) is 0. The molecule has 0 saturated carbocycles. The van der Waals surface area contributed by atoms with Crippen LogP contribution in [0.5, 0.6) is 0 Å². The predicted molar refractivity (Wildman–Crippen MR) is 63.8 cm³/mol. The standard InChI is InChI=1S/C11H10ClNOS/c1-8(9-5-3-2-4-6-9)13-11(14)7-10(12)15-13/h2-8H,1H3/t8-/m0/s1. The molecule has 0 amide bonds. The Labute approximate surface area is 96.9 Å². The van der Waals surface area contributed by atoms with Crippen molar-refractivity contribution in [2.45, 2.75) is 13.0 Å². The predicted octanol–water partition coefficient (Wildman–Crippen LogP) is 3.17. The monoisotopic (exact) mass is 239 g/mol. The summed E-state index contributed by atoms with van der Waals surface area (Å²) in [5, 5.41) is 0. The van der Waals surface area contributed by atoms with Crippen LogP contribution in [0.3, 0.4) is 0 Å². The molecular weight excluding hydrogens is 230 g/mol. The average Bonchev–Trinajstić information content (AvgIpc) is 2.58. The molecule has 2 nitrogen and oxygen atoms in total. The van der Waals surface area contributed by atoms with Crippen LogP contribution in [-0.2, 0) is 0 Å². The van der Waals surface area contributed by atoms with Crippen LogP contribution in [0.2, 0.25) is 4.34 Å². The molecule has 1 heterocycles. The molecule has 78 valence electrons. The summed E-state index contributed by atoms with van der Waals surface area (Å²) >= 11 is 7.08. The zero-order valence-electron chi connectivity index (χ0n) is 8.18. The molecule has 0 aliphatic rings. The normalized spacial score (nSPS) is 12.7. The lowest BCUT2D eigenvalue weighted by atomic mass is 10.1. The highest BCUT2D eigenvalue weighted by atomic mass is 35.5. The van der Waals surface area contributed by atoms with Crippen LogP contribution in [0.1, 0.15) is 18.5 Å². The molecule has 1 aromatic heterocycles. The van der Waals surface area contributed by atoms with Gasteiger partial charge in [-0.3, -0.25) is 8.75 Å². The summed E-state index contributed by atoms with van der Waals surface area (Å²) in [6.45, 7) is 1.99. The highest BCUT2D eigenvalue weighted by Gasteiger charge is 2.11.